The zero-order valence-electron chi connectivity index (χ0n) is 10.2. The van der Waals surface area contributed by atoms with Crippen LogP contribution >= 0.6 is 0 Å². The van der Waals surface area contributed by atoms with Crippen molar-refractivity contribution in [2.75, 3.05) is 26.2 Å². The SMILES string of the molecule is N#CC1CN(CC2Cc3ccccc3O2)CCO1. The maximum Gasteiger partial charge on any atom is 0.156 e. The second-order valence-corrected chi connectivity index (χ2v) is 4.80. The van der Waals surface area contributed by atoms with Crippen LogP contribution in [0.1, 0.15) is 5.56 Å². The fourth-order valence-electron chi connectivity index (χ4n) is 2.59. The third kappa shape index (κ3) is 2.33. The molecule has 0 aromatic heterocycles. The van der Waals surface area contributed by atoms with Gasteiger partial charge in [-0.1, -0.05) is 18.2 Å². The molecule has 0 saturated carbocycles. The highest BCUT2D eigenvalue weighted by Gasteiger charge is 2.27. The number of hydrogen-bond acceptors (Lipinski definition) is 4. The van der Waals surface area contributed by atoms with Crippen LogP contribution in [-0.2, 0) is 11.2 Å². The van der Waals surface area contributed by atoms with Crippen molar-refractivity contribution in [1.82, 2.24) is 4.90 Å². The number of morpholine rings is 1. The van der Waals surface area contributed by atoms with E-state index in [9.17, 15) is 0 Å². The molecule has 3 rings (SSSR count). The van der Waals surface area contributed by atoms with Crippen LogP contribution in [0.5, 0.6) is 5.75 Å². The topological polar surface area (TPSA) is 45.5 Å². The van der Waals surface area contributed by atoms with Gasteiger partial charge in [0.1, 0.15) is 11.9 Å². The van der Waals surface area contributed by atoms with Crippen molar-refractivity contribution < 1.29 is 9.47 Å². The molecule has 4 heteroatoms. The van der Waals surface area contributed by atoms with Gasteiger partial charge in [-0.2, -0.15) is 5.26 Å². The second-order valence-electron chi connectivity index (χ2n) is 4.80. The minimum Gasteiger partial charge on any atom is -0.488 e. The normalized spacial score (nSPS) is 27.3. The number of ether oxygens (including phenoxy) is 2. The Balaban J connectivity index is 1.58. The predicted octanol–water partition coefficient (Wildman–Crippen LogP) is 1.21. The molecule has 4 nitrogen and oxygen atoms in total. The van der Waals surface area contributed by atoms with E-state index in [2.05, 4.69) is 17.0 Å². The number of rotatable bonds is 2. The minimum absolute atomic E-state index is 0.208. The van der Waals surface area contributed by atoms with Gasteiger partial charge in [-0.15, -0.1) is 0 Å². The standard InChI is InChI=1S/C14H16N2O2/c15-8-13-10-16(5-6-17-13)9-12-7-11-3-1-2-4-14(11)18-12/h1-4,12-13H,5-7,9-10H2. The molecule has 0 radical (unpaired) electrons. The van der Waals surface area contributed by atoms with Gasteiger partial charge in [-0.05, 0) is 11.6 Å². The molecule has 0 spiro atoms. The molecule has 0 N–H and O–H groups in total. The zero-order chi connectivity index (χ0) is 12.4. The van der Waals surface area contributed by atoms with Crippen LogP contribution in [-0.4, -0.2) is 43.3 Å². The monoisotopic (exact) mass is 244 g/mol. The lowest BCUT2D eigenvalue weighted by Gasteiger charge is -2.31. The summed E-state index contributed by atoms with van der Waals surface area (Å²) in [5, 5.41) is 8.88. The van der Waals surface area contributed by atoms with Crippen molar-refractivity contribution in [1.29, 1.82) is 5.26 Å². The van der Waals surface area contributed by atoms with E-state index in [1.165, 1.54) is 5.56 Å². The molecule has 1 fully saturated rings. The molecule has 94 valence electrons. The Morgan fingerprint density at radius 2 is 2.28 bits per heavy atom. The molecule has 2 unspecified atom stereocenters. The van der Waals surface area contributed by atoms with E-state index in [0.29, 0.717) is 13.2 Å². The summed E-state index contributed by atoms with van der Waals surface area (Å²) in [7, 11) is 0. The number of nitrogens with zero attached hydrogens (tertiary/aromatic N) is 2. The van der Waals surface area contributed by atoms with Gasteiger partial charge in [-0.3, -0.25) is 4.90 Å². The van der Waals surface area contributed by atoms with Crippen LogP contribution in [0.4, 0.5) is 0 Å². The highest BCUT2D eigenvalue weighted by atomic mass is 16.5. The number of para-hydroxylation sites is 1. The second kappa shape index (κ2) is 4.97. The minimum atomic E-state index is -0.289. The largest absolute Gasteiger partial charge is 0.488 e. The van der Waals surface area contributed by atoms with Gasteiger partial charge in [0.15, 0.2) is 6.10 Å². The maximum absolute atomic E-state index is 8.88. The zero-order valence-corrected chi connectivity index (χ0v) is 10.2. The van der Waals surface area contributed by atoms with E-state index in [4.69, 9.17) is 14.7 Å². The summed E-state index contributed by atoms with van der Waals surface area (Å²) in [4.78, 5) is 2.26. The molecule has 2 aliphatic rings. The number of hydrogen-bond donors (Lipinski definition) is 0. The Morgan fingerprint density at radius 1 is 1.39 bits per heavy atom. The molecule has 18 heavy (non-hydrogen) atoms. The summed E-state index contributed by atoms with van der Waals surface area (Å²) in [5.41, 5.74) is 1.28. The lowest BCUT2D eigenvalue weighted by atomic mass is 10.1. The van der Waals surface area contributed by atoms with Gasteiger partial charge in [0.25, 0.3) is 0 Å². The molecule has 1 saturated heterocycles. The van der Waals surface area contributed by atoms with Crippen LogP contribution < -0.4 is 4.74 Å². The predicted molar refractivity (Wildman–Crippen MR) is 66.4 cm³/mol. The number of fused-ring (bicyclic) bond motifs is 1. The Hall–Kier alpha value is -1.57. The molecule has 1 aromatic carbocycles. The molecule has 0 aliphatic carbocycles. The van der Waals surface area contributed by atoms with Crippen LogP contribution in [0.25, 0.3) is 0 Å². The third-order valence-electron chi connectivity index (χ3n) is 3.47. The third-order valence-corrected chi connectivity index (χ3v) is 3.47. The summed E-state index contributed by atoms with van der Waals surface area (Å²) in [5.74, 6) is 1.01. The van der Waals surface area contributed by atoms with Crippen molar-refractivity contribution in [2.24, 2.45) is 0 Å². The van der Waals surface area contributed by atoms with E-state index in [0.717, 1.165) is 25.3 Å². The molecule has 0 amide bonds. The van der Waals surface area contributed by atoms with Gasteiger partial charge in [-0.25, -0.2) is 0 Å². The summed E-state index contributed by atoms with van der Waals surface area (Å²) in [6.07, 6.45) is 0.882. The summed E-state index contributed by atoms with van der Waals surface area (Å²) >= 11 is 0. The first-order chi connectivity index (χ1) is 8.85. The highest BCUT2D eigenvalue weighted by molar-refractivity contribution is 5.37. The van der Waals surface area contributed by atoms with Crippen molar-refractivity contribution in [3.63, 3.8) is 0 Å². The summed E-state index contributed by atoms with van der Waals surface area (Å²) < 4.78 is 11.3. The lowest BCUT2D eigenvalue weighted by Crippen LogP contribution is -2.45. The number of nitriles is 1. The first kappa shape index (κ1) is 11.5. The molecule has 2 atom stereocenters. The van der Waals surface area contributed by atoms with Gasteiger partial charge in [0, 0.05) is 26.1 Å². The van der Waals surface area contributed by atoms with Crippen LogP contribution in [0.15, 0.2) is 24.3 Å². The average molecular weight is 244 g/mol. The van der Waals surface area contributed by atoms with Crippen LogP contribution in [0.3, 0.4) is 0 Å². The summed E-state index contributed by atoms with van der Waals surface area (Å²) in [6, 6.07) is 10.4. The molecule has 1 aromatic rings. The highest BCUT2D eigenvalue weighted by Crippen LogP contribution is 2.28. The van der Waals surface area contributed by atoms with Crippen molar-refractivity contribution in [3.05, 3.63) is 29.8 Å². The van der Waals surface area contributed by atoms with E-state index in [-0.39, 0.29) is 12.2 Å². The van der Waals surface area contributed by atoms with Crippen LogP contribution in [0, 0.1) is 11.3 Å². The van der Waals surface area contributed by atoms with Crippen molar-refractivity contribution in [3.8, 4) is 11.8 Å². The fourth-order valence-corrected chi connectivity index (χ4v) is 2.59. The van der Waals surface area contributed by atoms with Crippen LogP contribution in [0.2, 0.25) is 0 Å². The van der Waals surface area contributed by atoms with Gasteiger partial charge in [0.2, 0.25) is 0 Å². The quantitative estimate of drug-likeness (QED) is 0.784. The van der Waals surface area contributed by atoms with Gasteiger partial charge >= 0.3 is 0 Å². The van der Waals surface area contributed by atoms with E-state index < -0.39 is 0 Å². The molecule has 0 bridgehead atoms. The molecular formula is C14H16N2O2. The van der Waals surface area contributed by atoms with Crippen molar-refractivity contribution in [2.45, 2.75) is 18.6 Å². The Bertz CT molecular complexity index is 444. The molecule has 2 heterocycles. The Labute approximate surface area is 107 Å². The molecule has 2 aliphatic heterocycles. The Morgan fingerprint density at radius 3 is 3.11 bits per heavy atom. The van der Waals surface area contributed by atoms with E-state index in [1.54, 1.807) is 0 Å². The first-order valence-corrected chi connectivity index (χ1v) is 6.33. The van der Waals surface area contributed by atoms with Gasteiger partial charge < -0.3 is 9.47 Å². The summed E-state index contributed by atoms with van der Waals surface area (Å²) in [6.45, 7) is 3.08. The fraction of sp³-hybridized carbons (Fsp3) is 0.500. The van der Waals surface area contributed by atoms with E-state index >= 15 is 0 Å². The average Bonchev–Trinajstić information content (AvgIpc) is 2.81. The lowest BCUT2D eigenvalue weighted by molar-refractivity contribution is -0.0105. The smallest absolute Gasteiger partial charge is 0.156 e. The van der Waals surface area contributed by atoms with Gasteiger partial charge in [0.05, 0.1) is 12.7 Å². The number of benzene rings is 1. The maximum atomic E-state index is 8.88. The van der Waals surface area contributed by atoms with Crippen molar-refractivity contribution >= 4 is 0 Å². The molecular weight excluding hydrogens is 228 g/mol. The van der Waals surface area contributed by atoms with E-state index in [1.807, 2.05) is 18.2 Å². The Kier molecular flexibility index (Phi) is 3.18. The first-order valence-electron chi connectivity index (χ1n) is 6.33.